The first-order valence-corrected chi connectivity index (χ1v) is 7.11. The molecule has 6 heteroatoms. The maximum atomic E-state index is 6.25. The highest BCUT2D eigenvalue weighted by Gasteiger charge is 2.18. The van der Waals surface area contributed by atoms with Crippen LogP contribution in [-0.2, 0) is 4.74 Å². The molecule has 3 N–H and O–H groups in total. The van der Waals surface area contributed by atoms with E-state index in [2.05, 4.69) is 26.4 Å². The number of hydrogen-bond donors (Lipinski definition) is 2. The quantitative estimate of drug-likeness (QED) is 0.883. The van der Waals surface area contributed by atoms with Gasteiger partial charge in [-0.25, -0.2) is 10.4 Å². The first-order valence-electron chi connectivity index (χ1n) is 5.94. The van der Waals surface area contributed by atoms with Crippen LogP contribution in [-0.4, -0.2) is 37.9 Å². The van der Waals surface area contributed by atoms with Gasteiger partial charge in [-0.1, -0.05) is 33.6 Å². The topological polar surface area (TPSA) is 50.5 Å². The fourth-order valence-electron chi connectivity index (χ4n) is 1.95. The number of nitrogens with zero attached hydrogens (tertiary/aromatic N) is 1. The molecule has 0 amide bonds. The summed E-state index contributed by atoms with van der Waals surface area (Å²) in [6.07, 6.45) is 0. The minimum absolute atomic E-state index is 0.0312. The lowest BCUT2D eigenvalue weighted by Gasteiger charge is -2.31. The van der Waals surface area contributed by atoms with Crippen molar-refractivity contribution in [3.05, 3.63) is 33.3 Å². The molecule has 1 aliphatic heterocycles. The van der Waals surface area contributed by atoms with Gasteiger partial charge < -0.3 is 10.5 Å². The number of morpholine rings is 1. The normalized spacial score (nSPS) is 18.8. The maximum Gasteiger partial charge on any atom is 0.0608 e. The van der Waals surface area contributed by atoms with Crippen molar-refractivity contribution in [2.75, 3.05) is 32.8 Å². The Kier molecular flexibility index (Phi) is 5.41. The van der Waals surface area contributed by atoms with E-state index in [1.165, 1.54) is 0 Å². The average molecular weight is 335 g/mol. The van der Waals surface area contributed by atoms with Gasteiger partial charge in [0.2, 0.25) is 0 Å². The zero-order valence-corrected chi connectivity index (χ0v) is 12.4. The first kappa shape index (κ1) is 14.2. The number of hydrazine groups is 1. The van der Waals surface area contributed by atoms with Gasteiger partial charge >= 0.3 is 0 Å². The van der Waals surface area contributed by atoms with Crippen molar-refractivity contribution in [2.45, 2.75) is 6.04 Å². The van der Waals surface area contributed by atoms with Crippen molar-refractivity contribution in [1.82, 2.24) is 10.4 Å². The van der Waals surface area contributed by atoms with Crippen LogP contribution in [0.25, 0.3) is 0 Å². The summed E-state index contributed by atoms with van der Waals surface area (Å²) in [4.78, 5) is 0. The Balaban J connectivity index is 2.07. The fourth-order valence-corrected chi connectivity index (χ4v) is 2.75. The van der Waals surface area contributed by atoms with Gasteiger partial charge in [0.05, 0.1) is 19.3 Å². The van der Waals surface area contributed by atoms with Crippen LogP contribution in [0, 0.1) is 0 Å². The molecule has 0 aromatic heterocycles. The average Bonchev–Trinajstić information content (AvgIpc) is 2.38. The smallest absolute Gasteiger partial charge is 0.0608 e. The van der Waals surface area contributed by atoms with Gasteiger partial charge in [-0.3, -0.25) is 0 Å². The summed E-state index contributed by atoms with van der Waals surface area (Å²) in [5.74, 6) is 0. The summed E-state index contributed by atoms with van der Waals surface area (Å²) >= 11 is 9.65. The number of nitrogens with two attached hydrogens (primary N) is 1. The second-order valence-corrected chi connectivity index (χ2v) is 5.51. The van der Waals surface area contributed by atoms with Gasteiger partial charge in [0, 0.05) is 29.1 Å². The molecule has 0 spiro atoms. The molecule has 1 unspecified atom stereocenters. The Bertz CT molecular complexity index is 399. The third-order valence-corrected chi connectivity index (χ3v) is 3.74. The molecule has 0 bridgehead atoms. The number of rotatable bonds is 4. The van der Waals surface area contributed by atoms with Crippen LogP contribution in [0.1, 0.15) is 11.6 Å². The highest BCUT2D eigenvalue weighted by molar-refractivity contribution is 9.10. The lowest BCUT2D eigenvalue weighted by molar-refractivity contribution is 0.00405. The van der Waals surface area contributed by atoms with Gasteiger partial charge in [-0.2, -0.15) is 0 Å². The van der Waals surface area contributed by atoms with Gasteiger partial charge in [-0.05, 0) is 17.7 Å². The van der Waals surface area contributed by atoms with Gasteiger partial charge in [0.25, 0.3) is 0 Å². The summed E-state index contributed by atoms with van der Waals surface area (Å²) in [6, 6.07) is 5.90. The summed E-state index contributed by atoms with van der Waals surface area (Å²) < 4.78 is 6.29. The van der Waals surface area contributed by atoms with Crippen LogP contribution >= 0.6 is 27.5 Å². The van der Waals surface area contributed by atoms with Crippen molar-refractivity contribution in [2.24, 2.45) is 5.73 Å². The Morgan fingerprint density at radius 3 is 2.78 bits per heavy atom. The first-order chi connectivity index (χ1) is 8.70. The highest BCUT2D eigenvalue weighted by Crippen LogP contribution is 2.26. The zero-order valence-electron chi connectivity index (χ0n) is 10.0. The van der Waals surface area contributed by atoms with Crippen molar-refractivity contribution in [3.63, 3.8) is 0 Å². The largest absolute Gasteiger partial charge is 0.379 e. The predicted octanol–water partition coefficient (Wildman–Crippen LogP) is 1.94. The molecular formula is C12H17BrClN3O. The number of ether oxygens (including phenoxy) is 1. The molecule has 18 heavy (non-hydrogen) atoms. The SMILES string of the molecule is NCC(NN1CCOCC1)c1ccc(Br)cc1Cl. The molecule has 1 atom stereocenters. The van der Waals surface area contributed by atoms with Crippen LogP contribution in [0.3, 0.4) is 0 Å². The number of hydrogen-bond acceptors (Lipinski definition) is 4. The number of halogens is 2. The zero-order chi connectivity index (χ0) is 13.0. The van der Waals surface area contributed by atoms with Crippen molar-refractivity contribution < 1.29 is 4.74 Å². The molecular weight excluding hydrogens is 318 g/mol. The van der Waals surface area contributed by atoms with Gasteiger partial charge in [0.1, 0.15) is 0 Å². The minimum Gasteiger partial charge on any atom is -0.379 e. The standard InChI is InChI=1S/C12H17BrClN3O/c13-9-1-2-10(11(14)7-9)12(8-15)16-17-3-5-18-6-4-17/h1-2,7,12,16H,3-6,8,15H2. The highest BCUT2D eigenvalue weighted by atomic mass is 79.9. The van der Waals surface area contributed by atoms with E-state index < -0.39 is 0 Å². The van der Waals surface area contributed by atoms with Crippen LogP contribution in [0.4, 0.5) is 0 Å². The van der Waals surface area contributed by atoms with Gasteiger partial charge in [0.15, 0.2) is 0 Å². The Morgan fingerprint density at radius 1 is 1.44 bits per heavy atom. The molecule has 1 aromatic rings. The second-order valence-electron chi connectivity index (χ2n) is 4.18. The van der Waals surface area contributed by atoms with Crippen molar-refractivity contribution in [1.29, 1.82) is 0 Å². The third kappa shape index (κ3) is 3.66. The molecule has 0 radical (unpaired) electrons. The molecule has 1 fully saturated rings. The van der Waals surface area contributed by atoms with Crippen LogP contribution < -0.4 is 11.2 Å². The van der Waals surface area contributed by atoms with Crippen LogP contribution in [0.5, 0.6) is 0 Å². The monoisotopic (exact) mass is 333 g/mol. The Labute approximate surface area is 121 Å². The van der Waals surface area contributed by atoms with Gasteiger partial charge in [-0.15, -0.1) is 0 Å². The molecule has 1 saturated heterocycles. The van der Waals surface area contributed by atoms with Crippen LogP contribution in [0.15, 0.2) is 22.7 Å². The summed E-state index contributed by atoms with van der Waals surface area (Å²) in [5.41, 5.74) is 10.3. The lowest BCUT2D eigenvalue weighted by Crippen LogP contribution is -2.48. The molecule has 0 aliphatic carbocycles. The Hall–Kier alpha value is -0.170. The van der Waals surface area contributed by atoms with Crippen molar-refractivity contribution >= 4 is 27.5 Å². The maximum absolute atomic E-state index is 6.25. The fraction of sp³-hybridized carbons (Fsp3) is 0.500. The molecule has 1 heterocycles. The van der Waals surface area contributed by atoms with E-state index in [4.69, 9.17) is 22.1 Å². The molecule has 0 saturated carbocycles. The van der Waals surface area contributed by atoms with E-state index in [0.29, 0.717) is 6.54 Å². The number of nitrogens with one attached hydrogen (secondary N) is 1. The predicted molar refractivity (Wildman–Crippen MR) is 76.5 cm³/mol. The van der Waals surface area contributed by atoms with E-state index in [9.17, 15) is 0 Å². The van der Waals surface area contributed by atoms with Crippen molar-refractivity contribution in [3.8, 4) is 0 Å². The van der Waals surface area contributed by atoms with E-state index in [0.717, 1.165) is 41.4 Å². The molecule has 1 aliphatic rings. The number of benzene rings is 1. The summed E-state index contributed by atoms with van der Waals surface area (Å²) in [6.45, 7) is 3.73. The second kappa shape index (κ2) is 6.84. The molecule has 4 nitrogen and oxygen atoms in total. The molecule has 2 rings (SSSR count). The summed E-state index contributed by atoms with van der Waals surface area (Å²) in [7, 11) is 0. The molecule has 100 valence electrons. The van der Waals surface area contributed by atoms with E-state index >= 15 is 0 Å². The van der Waals surface area contributed by atoms with E-state index in [-0.39, 0.29) is 6.04 Å². The Morgan fingerprint density at radius 2 is 2.17 bits per heavy atom. The van der Waals surface area contributed by atoms with E-state index in [1.807, 2.05) is 18.2 Å². The minimum atomic E-state index is 0.0312. The van der Waals surface area contributed by atoms with Crippen LogP contribution in [0.2, 0.25) is 5.02 Å². The lowest BCUT2D eigenvalue weighted by atomic mass is 10.1. The van der Waals surface area contributed by atoms with E-state index in [1.54, 1.807) is 0 Å². The third-order valence-electron chi connectivity index (χ3n) is 2.92. The summed E-state index contributed by atoms with van der Waals surface area (Å²) in [5, 5.41) is 2.86. The molecule has 1 aromatic carbocycles.